The lowest BCUT2D eigenvalue weighted by Gasteiger charge is -2.21. The third-order valence-corrected chi connectivity index (χ3v) is 2.04. The van der Waals surface area contributed by atoms with Gasteiger partial charge in [-0.2, -0.15) is 0 Å². The van der Waals surface area contributed by atoms with E-state index in [2.05, 4.69) is 10.3 Å². The van der Waals surface area contributed by atoms with Crippen molar-refractivity contribution in [1.82, 2.24) is 4.98 Å². The van der Waals surface area contributed by atoms with Crippen LogP contribution in [0.1, 0.15) is 6.92 Å². The average molecular weight is 217 g/mol. The molecule has 0 aliphatic carbocycles. The van der Waals surface area contributed by atoms with Crippen molar-refractivity contribution in [3.05, 3.63) is 23.4 Å². The maximum Gasteiger partial charge on any atom is 0.144 e. The van der Waals surface area contributed by atoms with Crippen LogP contribution in [-0.2, 0) is 0 Å². The predicted octanol–water partition coefficient (Wildman–Crippen LogP) is 0.890. The molecule has 0 bridgehead atoms. The van der Waals surface area contributed by atoms with Crippen LogP contribution in [-0.4, -0.2) is 33.9 Å². The minimum Gasteiger partial charge on any atom is -0.393 e. The zero-order valence-electron chi connectivity index (χ0n) is 7.87. The number of nitrogens with zero attached hydrogens (tertiary/aromatic N) is 1. The molecule has 1 aromatic heterocycles. The van der Waals surface area contributed by atoms with Crippen molar-refractivity contribution in [3.63, 3.8) is 0 Å². The molecule has 14 heavy (non-hydrogen) atoms. The first kappa shape index (κ1) is 11.2. The third-order valence-electron chi connectivity index (χ3n) is 1.74. The van der Waals surface area contributed by atoms with Gasteiger partial charge >= 0.3 is 0 Å². The van der Waals surface area contributed by atoms with E-state index in [9.17, 15) is 5.11 Å². The third kappa shape index (κ3) is 3.14. The van der Waals surface area contributed by atoms with Gasteiger partial charge in [-0.3, -0.25) is 0 Å². The van der Waals surface area contributed by atoms with E-state index in [1.807, 2.05) is 0 Å². The summed E-state index contributed by atoms with van der Waals surface area (Å²) >= 11 is 5.83. The van der Waals surface area contributed by atoms with Crippen molar-refractivity contribution in [3.8, 4) is 0 Å². The zero-order valence-corrected chi connectivity index (χ0v) is 8.62. The van der Waals surface area contributed by atoms with Crippen LogP contribution in [0.4, 0.5) is 5.82 Å². The Kier molecular flexibility index (Phi) is 3.69. The Morgan fingerprint density at radius 2 is 2.36 bits per heavy atom. The van der Waals surface area contributed by atoms with E-state index in [1.54, 1.807) is 18.3 Å². The molecule has 1 unspecified atom stereocenters. The van der Waals surface area contributed by atoms with E-state index in [1.165, 1.54) is 6.92 Å². The van der Waals surface area contributed by atoms with Crippen molar-refractivity contribution in [2.24, 2.45) is 0 Å². The first-order valence-electron chi connectivity index (χ1n) is 4.23. The van der Waals surface area contributed by atoms with Crippen LogP contribution in [0.3, 0.4) is 0 Å². The van der Waals surface area contributed by atoms with Gasteiger partial charge < -0.3 is 15.5 Å². The van der Waals surface area contributed by atoms with Gasteiger partial charge in [-0.25, -0.2) is 4.98 Å². The number of anilines is 1. The summed E-state index contributed by atoms with van der Waals surface area (Å²) < 4.78 is 0. The largest absolute Gasteiger partial charge is 0.393 e. The van der Waals surface area contributed by atoms with Crippen molar-refractivity contribution in [1.29, 1.82) is 0 Å². The highest BCUT2D eigenvalue weighted by Gasteiger charge is 2.18. The van der Waals surface area contributed by atoms with E-state index in [4.69, 9.17) is 16.7 Å². The number of halogens is 1. The number of rotatable bonds is 4. The van der Waals surface area contributed by atoms with Crippen LogP contribution in [0.25, 0.3) is 0 Å². The Labute approximate surface area is 87.6 Å². The number of hydrogen-bond donors (Lipinski definition) is 3. The van der Waals surface area contributed by atoms with Gasteiger partial charge in [-0.1, -0.05) is 11.6 Å². The monoisotopic (exact) mass is 216 g/mol. The summed E-state index contributed by atoms with van der Waals surface area (Å²) in [4.78, 5) is 3.98. The number of pyridine rings is 1. The molecular weight excluding hydrogens is 204 g/mol. The lowest BCUT2D eigenvalue weighted by molar-refractivity contribution is 0.0132. The molecule has 0 radical (unpaired) electrons. The van der Waals surface area contributed by atoms with Gasteiger partial charge in [0, 0.05) is 12.7 Å². The van der Waals surface area contributed by atoms with Gasteiger partial charge in [-0.05, 0) is 19.1 Å². The molecule has 1 aromatic rings. The molecule has 0 aliphatic rings. The van der Waals surface area contributed by atoms with Gasteiger partial charge in [0.1, 0.15) is 11.4 Å². The Morgan fingerprint density at radius 1 is 1.64 bits per heavy atom. The SMILES string of the molecule is CC(O)(CO)CNc1ncccc1Cl. The van der Waals surface area contributed by atoms with Gasteiger partial charge in [0.25, 0.3) is 0 Å². The number of aliphatic hydroxyl groups is 2. The van der Waals surface area contributed by atoms with E-state index in [0.29, 0.717) is 10.8 Å². The lowest BCUT2D eigenvalue weighted by atomic mass is 10.1. The molecule has 0 spiro atoms. The van der Waals surface area contributed by atoms with E-state index in [-0.39, 0.29) is 13.2 Å². The predicted molar refractivity (Wildman–Crippen MR) is 55.4 cm³/mol. The standard InChI is InChI=1S/C9H13ClN2O2/c1-9(14,6-13)5-12-8-7(10)3-2-4-11-8/h2-4,13-14H,5-6H2,1H3,(H,11,12). The zero-order chi connectivity index (χ0) is 10.6. The number of nitrogens with one attached hydrogen (secondary N) is 1. The van der Waals surface area contributed by atoms with E-state index < -0.39 is 5.60 Å². The fourth-order valence-electron chi connectivity index (χ4n) is 0.846. The summed E-state index contributed by atoms with van der Waals surface area (Å²) in [5, 5.41) is 21.6. The second-order valence-electron chi connectivity index (χ2n) is 3.34. The van der Waals surface area contributed by atoms with Crippen LogP contribution >= 0.6 is 11.6 Å². The Balaban J connectivity index is 2.58. The first-order valence-corrected chi connectivity index (χ1v) is 4.60. The summed E-state index contributed by atoms with van der Waals surface area (Å²) in [6.07, 6.45) is 1.60. The molecule has 0 saturated heterocycles. The molecular formula is C9H13ClN2O2. The van der Waals surface area contributed by atoms with Crippen molar-refractivity contribution in [2.75, 3.05) is 18.5 Å². The smallest absolute Gasteiger partial charge is 0.144 e. The van der Waals surface area contributed by atoms with Gasteiger partial charge in [0.05, 0.1) is 11.6 Å². The quantitative estimate of drug-likeness (QED) is 0.700. The fraction of sp³-hybridized carbons (Fsp3) is 0.444. The molecule has 78 valence electrons. The number of aromatic nitrogens is 1. The summed E-state index contributed by atoms with van der Waals surface area (Å²) in [7, 11) is 0. The highest BCUT2D eigenvalue weighted by molar-refractivity contribution is 6.32. The summed E-state index contributed by atoms with van der Waals surface area (Å²) in [5.41, 5.74) is -1.17. The van der Waals surface area contributed by atoms with E-state index in [0.717, 1.165) is 0 Å². The average Bonchev–Trinajstić information content (AvgIpc) is 2.17. The van der Waals surface area contributed by atoms with Gasteiger partial charge in [0.15, 0.2) is 0 Å². The van der Waals surface area contributed by atoms with Crippen molar-refractivity contribution in [2.45, 2.75) is 12.5 Å². The molecule has 1 atom stereocenters. The van der Waals surface area contributed by atoms with Crippen LogP contribution in [0, 0.1) is 0 Å². The second kappa shape index (κ2) is 4.59. The highest BCUT2D eigenvalue weighted by Crippen LogP contribution is 2.17. The molecule has 0 fully saturated rings. The molecule has 4 nitrogen and oxygen atoms in total. The summed E-state index contributed by atoms with van der Waals surface area (Å²) in [5.74, 6) is 0.503. The molecule has 0 amide bonds. The second-order valence-corrected chi connectivity index (χ2v) is 3.75. The van der Waals surface area contributed by atoms with Gasteiger partial charge in [0.2, 0.25) is 0 Å². The maximum atomic E-state index is 9.49. The maximum absolute atomic E-state index is 9.49. The number of aliphatic hydroxyl groups excluding tert-OH is 1. The van der Waals surface area contributed by atoms with E-state index >= 15 is 0 Å². The molecule has 0 saturated carbocycles. The van der Waals surface area contributed by atoms with Crippen LogP contribution in [0.2, 0.25) is 5.02 Å². The number of hydrogen-bond acceptors (Lipinski definition) is 4. The summed E-state index contributed by atoms with van der Waals surface area (Å²) in [6, 6.07) is 3.42. The Bertz CT molecular complexity index is 305. The highest BCUT2D eigenvalue weighted by atomic mass is 35.5. The Morgan fingerprint density at radius 3 is 2.93 bits per heavy atom. The minimum atomic E-state index is -1.17. The van der Waals surface area contributed by atoms with Crippen molar-refractivity contribution < 1.29 is 10.2 Å². The molecule has 0 aliphatic heterocycles. The molecule has 1 heterocycles. The van der Waals surface area contributed by atoms with Crippen LogP contribution in [0.5, 0.6) is 0 Å². The molecule has 1 rings (SSSR count). The fourth-order valence-corrected chi connectivity index (χ4v) is 1.03. The summed E-state index contributed by atoms with van der Waals surface area (Å²) in [6.45, 7) is 1.40. The topological polar surface area (TPSA) is 65.4 Å². The van der Waals surface area contributed by atoms with Crippen molar-refractivity contribution >= 4 is 17.4 Å². The van der Waals surface area contributed by atoms with Crippen LogP contribution in [0.15, 0.2) is 18.3 Å². The first-order chi connectivity index (χ1) is 6.55. The van der Waals surface area contributed by atoms with Crippen LogP contribution < -0.4 is 5.32 Å². The Hall–Kier alpha value is -0.840. The normalized spacial score (nSPS) is 14.9. The molecule has 0 aromatic carbocycles. The lowest BCUT2D eigenvalue weighted by Crippen LogP contribution is -2.37. The van der Waals surface area contributed by atoms with Gasteiger partial charge in [-0.15, -0.1) is 0 Å². The minimum absolute atomic E-state index is 0.195. The molecule has 5 heteroatoms. The molecule has 3 N–H and O–H groups in total.